The van der Waals surface area contributed by atoms with Crippen LogP contribution < -0.4 is 0 Å². The van der Waals surface area contributed by atoms with E-state index in [0.29, 0.717) is 5.41 Å². The first-order valence-electron chi connectivity index (χ1n) is 8.53. The van der Waals surface area contributed by atoms with Crippen molar-refractivity contribution >= 4 is 11.3 Å². The van der Waals surface area contributed by atoms with E-state index >= 15 is 0 Å². The molecule has 2 bridgehead atoms. The summed E-state index contributed by atoms with van der Waals surface area (Å²) in [6.45, 7) is 7.46. The van der Waals surface area contributed by atoms with Crippen molar-refractivity contribution in [1.82, 2.24) is 4.90 Å². The van der Waals surface area contributed by atoms with Crippen LogP contribution >= 0.6 is 11.3 Å². The Balaban J connectivity index is 1.53. The van der Waals surface area contributed by atoms with E-state index in [2.05, 4.69) is 60.5 Å². The number of nitrogens with zero attached hydrogens (tertiary/aromatic N) is 1. The first-order valence-corrected chi connectivity index (χ1v) is 9.41. The van der Waals surface area contributed by atoms with Crippen LogP contribution in [0.1, 0.15) is 36.3 Å². The number of piperidine rings is 1. The van der Waals surface area contributed by atoms with Gasteiger partial charge in [-0.3, -0.25) is 4.90 Å². The van der Waals surface area contributed by atoms with Crippen LogP contribution in [0.2, 0.25) is 0 Å². The standard InChI is InChI=1S/C20H25NS/c1-15-18-14-17-9-13-22-19(17)20(15,2)10-12-21(18)11-8-16-6-4-3-5-7-16/h3-7,9,13,15,18H,8,10-12,14H2,1-2H3/t15-,18?,20+/m0/s1. The van der Waals surface area contributed by atoms with Gasteiger partial charge >= 0.3 is 0 Å². The maximum Gasteiger partial charge on any atom is 0.0170 e. The first-order chi connectivity index (χ1) is 10.7. The summed E-state index contributed by atoms with van der Waals surface area (Å²) in [5, 5.41) is 2.30. The number of hydrogen-bond donors (Lipinski definition) is 0. The number of likely N-dealkylation sites (tertiary alicyclic amines) is 1. The molecule has 1 unspecified atom stereocenters. The Morgan fingerprint density at radius 2 is 2.05 bits per heavy atom. The van der Waals surface area contributed by atoms with Crippen molar-refractivity contribution in [3.05, 3.63) is 57.8 Å². The van der Waals surface area contributed by atoms with Crippen molar-refractivity contribution in [3.63, 3.8) is 0 Å². The Morgan fingerprint density at radius 3 is 2.86 bits per heavy atom. The molecule has 2 heteroatoms. The highest BCUT2D eigenvalue weighted by molar-refractivity contribution is 7.10. The number of benzene rings is 1. The van der Waals surface area contributed by atoms with Gasteiger partial charge in [-0.05, 0) is 54.3 Å². The lowest BCUT2D eigenvalue weighted by atomic mass is 9.62. The molecule has 0 N–H and O–H groups in total. The predicted molar refractivity (Wildman–Crippen MR) is 94.7 cm³/mol. The molecule has 0 radical (unpaired) electrons. The van der Waals surface area contributed by atoms with Crippen LogP contribution in [-0.2, 0) is 18.3 Å². The zero-order valence-corrected chi connectivity index (χ0v) is 14.4. The zero-order chi connectivity index (χ0) is 15.2. The second-order valence-corrected chi connectivity index (χ2v) is 8.19. The molecular weight excluding hydrogens is 286 g/mol. The van der Waals surface area contributed by atoms with E-state index in [0.717, 1.165) is 12.0 Å². The smallest absolute Gasteiger partial charge is 0.0170 e. The largest absolute Gasteiger partial charge is 0.299 e. The van der Waals surface area contributed by atoms with E-state index in [1.807, 2.05) is 11.3 Å². The third-order valence-electron chi connectivity index (χ3n) is 6.19. The Labute approximate surface area is 138 Å². The summed E-state index contributed by atoms with van der Waals surface area (Å²) in [6.07, 6.45) is 3.74. The van der Waals surface area contributed by atoms with E-state index in [4.69, 9.17) is 0 Å². The number of hydrogen-bond acceptors (Lipinski definition) is 2. The third-order valence-corrected chi connectivity index (χ3v) is 7.43. The van der Waals surface area contributed by atoms with Crippen LogP contribution in [0.3, 0.4) is 0 Å². The van der Waals surface area contributed by atoms with Gasteiger partial charge in [0.1, 0.15) is 0 Å². The molecule has 0 spiro atoms. The molecule has 0 saturated carbocycles. The second kappa shape index (κ2) is 5.50. The number of fused-ring (bicyclic) bond motifs is 4. The summed E-state index contributed by atoms with van der Waals surface area (Å²) < 4.78 is 0. The van der Waals surface area contributed by atoms with Crippen LogP contribution in [-0.4, -0.2) is 24.0 Å². The Hall–Kier alpha value is -1.12. The van der Waals surface area contributed by atoms with E-state index in [-0.39, 0.29) is 0 Å². The SMILES string of the molecule is C[C@H]1C2Cc3ccsc3[C@]1(C)CCN2CCc1ccccc1. The molecule has 2 aromatic rings. The summed E-state index contributed by atoms with van der Waals surface area (Å²) >= 11 is 1.99. The first kappa shape index (κ1) is 14.5. The fourth-order valence-electron chi connectivity index (χ4n) is 4.55. The molecule has 1 fully saturated rings. The summed E-state index contributed by atoms with van der Waals surface area (Å²) in [5.74, 6) is 0.767. The molecule has 4 rings (SSSR count). The van der Waals surface area contributed by atoms with Crippen molar-refractivity contribution in [1.29, 1.82) is 0 Å². The molecule has 3 atom stereocenters. The summed E-state index contributed by atoms with van der Waals surface area (Å²) in [7, 11) is 0. The second-order valence-electron chi connectivity index (χ2n) is 7.27. The maximum absolute atomic E-state index is 2.76. The van der Waals surface area contributed by atoms with Crippen molar-refractivity contribution in [3.8, 4) is 0 Å². The monoisotopic (exact) mass is 311 g/mol. The average Bonchev–Trinajstić information content (AvgIpc) is 3.00. The highest BCUT2D eigenvalue weighted by Crippen LogP contribution is 2.50. The Morgan fingerprint density at radius 1 is 1.23 bits per heavy atom. The minimum Gasteiger partial charge on any atom is -0.299 e. The van der Waals surface area contributed by atoms with Crippen molar-refractivity contribution < 1.29 is 0 Å². The topological polar surface area (TPSA) is 3.24 Å². The van der Waals surface area contributed by atoms with Crippen LogP contribution in [0.25, 0.3) is 0 Å². The Bertz CT molecular complexity index is 647. The molecule has 0 amide bonds. The molecule has 1 nitrogen and oxygen atoms in total. The normalized spacial score (nSPS) is 31.0. The highest BCUT2D eigenvalue weighted by atomic mass is 32.1. The number of thiophene rings is 1. The predicted octanol–water partition coefficient (Wildman–Crippen LogP) is 4.52. The molecule has 22 heavy (non-hydrogen) atoms. The molecule has 1 aromatic carbocycles. The van der Waals surface area contributed by atoms with Crippen molar-refractivity contribution in [2.45, 2.75) is 44.6 Å². The molecule has 1 aliphatic heterocycles. The number of rotatable bonds is 3. The lowest BCUT2D eigenvalue weighted by molar-refractivity contribution is 0.0345. The van der Waals surface area contributed by atoms with Gasteiger partial charge in [0.05, 0.1) is 0 Å². The fourth-order valence-corrected chi connectivity index (χ4v) is 5.78. The maximum atomic E-state index is 2.76. The van der Waals surface area contributed by atoms with Crippen molar-refractivity contribution in [2.24, 2.45) is 5.92 Å². The molecule has 1 aliphatic carbocycles. The fraction of sp³-hybridized carbons (Fsp3) is 0.500. The summed E-state index contributed by atoms with van der Waals surface area (Å²) in [5.41, 5.74) is 3.51. The molecular formula is C20H25NS. The summed E-state index contributed by atoms with van der Waals surface area (Å²) in [6, 6.07) is 14.0. The van der Waals surface area contributed by atoms with Crippen LogP contribution in [0, 0.1) is 5.92 Å². The summed E-state index contributed by atoms with van der Waals surface area (Å²) in [4.78, 5) is 4.44. The van der Waals surface area contributed by atoms with Crippen molar-refractivity contribution in [2.75, 3.05) is 13.1 Å². The molecule has 2 aliphatic rings. The van der Waals surface area contributed by atoms with Gasteiger partial charge in [-0.25, -0.2) is 0 Å². The molecule has 2 heterocycles. The zero-order valence-electron chi connectivity index (χ0n) is 13.6. The molecule has 1 aromatic heterocycles. The lowest BCUT2D eigenvalue weighted by Crippen LogP contribution is -2.57. The van der Waals surface area contributed by atoms with Crippen LogP contribution in [0.4, 0.5) is 0 Å². The highest BCUT2D eigenvalue weighted by Gasteiger charge is 2.48. The third kappa shape index (κ3) is 2.24. The van der Waals surface area contributed by atoms with E-state index in [1.54, 1.807) is 10.4 Å². The van der Waals surface area contributed by atoms with Gasteiger partial charge in [-0.15, -0.1) is 11.3 Å². The van der Waals surface area contributed by atoms with Gasteiger partial charge in [0.15, 0.2) is 0 Å². The lowest BCUT2D eigenvalue weighted by Gasteiger charge is -2.53. The minimum atomic E-state index is 0.412. The van der Waals surface area contributed by atoms with Gasteiger partial charge in [0.2, 0.25) is 0 Å². The van der Waals surface area contributed by atoms with Gasteiger partial charge in [-0.2, -0.15) is 0 Å². The van der Waals surface area contributed by atoms with Gasteiger partial charge in [0, 0.05) is 22.9 Å². The average molecular weight is 311 g/mol. The Kier molecular flexibility index (Phi) is 3.62. The van der Waals surface area contributed by atoms with Gasteiger partial charge in [-0.1, -0.05) is 44.2 Å². The molecule has 116 valence electrons. The quantitative estimate of drug-likeness (QED) is 0.806. The van der Waals surface area contributed by atoms with Gasteiger partial charge in [0.25, 0.3) is 0 Å². The van der Waals surface area contributed by atoms with E-state index in [1.165, 1.54) is 37.9 Å². The van der Waals surface area contributed by atoms with E-state index < -0.39 is 0 Å². The van der Waals surface area contributed by atoms with Crippen LogP contribution in [0.15, 0.2) is 41.8 Å². The minimum absolute atomic E-state index is 0.412. The van der Waals surface area contributed by atoms with E-state index in [9.17, 15) is 0 Å². The van der Waals surface area contributed by atoms with Crippen LogP contribution in [0.5, 0.6) is 0 Å². The van der Waals surface area contributed by atoms with Gasteiger partial charge < -0.3 is 0 Å². The molecule has 1 saturated heterocycles.